The van der Waals surface area contributed by atoms with Crippen LogP contribution in [-0.2, 0) is 32.2 Å². The van der Waals surface area contributed by atoms with E-state index < -0.39 is 27.6 Å². The fourth-order valence-electron chi connectivity index (χ4n) is 6.68. The molecule has 252 valence electrons. The predicted molar refractivity (Wildman–Crippen MR) is 174 cm³/mol. The van der Waals surface area contributed by atoms with Gasteiger partial charge in [0.05, 0.1) is 30.8 Å². The fraction of sp³-hybridized carbons (Fsp3) is 0.485. The summed E-state index contributed by atoms with van der Waals surface area (Å²) in [6.07, 6.45) is 3.77. The molecule has 47 heavy (non-hydrogen) atoms. The van der Waals surface area contributed by atoms with Crippen molar-refractivity contribution in [1.82, 2.24) is 24.3 Å². The number of imidazole rings is 1. The fourth-order valence-corrected chi connectivity index (χ4v) is 8.11. The van der Waals surface area contributed by atoms with E-state index in [0.29, 0.717) is 42.3 Å². The molecule has 0 aliphatic carbocycles. The highest BCUT2D eigenvalue weighted by molar-refractivity contribution is 7.93. The maximum atomic E-state index is 15.0. The molecule has 4 heterocycles. The lowest BCUT2D eigenvalue weighted by Crippen LogP contribution is -2.55. The second kappa shape index (κ2) is 12.8. The number of aromatic nitrogens is 2. The van der Waals surface area contributed by atoms with Crippen LogP contribution in [0.25, 0.3) is 0 Å². The van der Waals surface area contributed by atoms with Crippen molar-refractivity contribution < 1.29 is 32.2 Å². The first kappa shape index (κ1) is 32.8. The van der Waals surface area contributed by atoms with E-state index in [1.165, 1.54) is 30.3 Å². The van der Waals surface area contributed by atoms with Crippen LogP contribution < -0.4 is 13.8 Å². The standard InChI is InChI=1S/C33H42N6O7S/c1-23(2)45-29-9-7-6-8-26(29)33(46-32(41)38-18-16-37(17-19-38)24-12-14-35(3)15-13-24)27-20-25(44-5)10-11-28(27)39(31(33)40)47(42,43)30-21-36(4)22-34-30/h6-11,20-24H,12-19H2,1-5H3. The number of sulfonamides is 1. The topological polar surface area (TPSA) is 127 Å². The van der Waals surface area contributed by atoms with Crippen molar-refractivity contribution in [2.45, 2.75) is 49.5 Å². The number of aryl methyl sites for hydroxylation is 1. The molecule has 13 nitrogen and oxygen atoms in total. The molecule has 3 aliphatic rings. The molecule has 0 spiro atoms. The van der Waals surface area contributed by atoms with Gasteiger partial charge in [-0.3, -0.25) is 9.69 Å². The molecule has 2 amide bonds. The average Bonchev–Trinajstić information content (AvgIpc) is 3.61. The largest absolute Gasteiger partial charge is 0.497 e. The van der Waals surface area contributed by atoms with Crippen LogP contribution in [0.15, 0.2) is 60.0 Å². The highest BCUT2D eigenvalue weighted by atomic mass is 32.2. The lowest BCUT2D eigenvalue weighted by Gasteiger charge is -2.42. The quantitative estimate of drug-likeness (QED) is 0.354. The predicted octanol–water partition coefficient (Wildman–Crippen LogP) is 3.04. The van der Waals surface area contributed by atoms with Gasteiger partial charge in [-0.15, -0.1) is 0 Å². The Kier molecular flexibility index (Phi) is 8.94. The van der Waals surface area contributed by atoms with Gasteiger partial charge in [0.2, 0.25) is 5.60 Å². The molecule has 3 aliphatic heterocycles. The molecule has 2 saturated heterocycles. The molecule has 0 radical (unpaired) electrons. The Bertz CT molecular complexity index is 1750. The van der Waals surface area contributed by atoms with Gasteiger partial charge in [-0.05, 0) is 71.1 Å². The Morgan fingerprint density at radius 2 is 1.68 bits per heavy atom. The molecule has 1 unspecified atom stereocenters. The first-order valence-electron chi connectivity index (χ1n) is 15.9. The number of benzene rings is 2. The number of ether oxygens (including phenoxy) is 3. The first-order valence-corrected chi connectivity index (χ1v) is 17.3. The smallest absolute Gasteiger partial charge is 0.411 e. The monoisotopic (exact) mass is 666 g/mol. The van der Waals surface area contributed by atoms with Crippen molar-refractivity contribution in [1.29, 1.82) is 0 Å². The normalized spacial score (nSPS) is 21.3. The van der Waals surface area contributed by atoms with E-state index in [-0.39, 0.29) is 33.7 Å². The Morgan fingerprint density at radius 1 is 0.979 bits per heavy atom. The summed E-state index contributed by atoms with van der Waals surface area (Å²) in [6.45, 7) is 7.90. The average molecular weight is 667 g/mol. The van der Waals surface area contributed by atoms with Crippen molar-refractivity contribution >= 4 is 27.7 Å². The number of likely N-dealkylation sites (tertiary alicyclic amines) is 1. The highest BCUT2D eigenvalue weighted by Crippen LogP contribution is 2.52. The van der Waals surface area contributed by atoms with Crippen molar-refractivity contribution in [3.05, 3.63) is 66.1 Å². The minimum absolute atomic E-state index is 0.0284. The number of piperazine rings is 1. The van der Waals surface area contributed by atoms with Crippen molar-refractivity contribution in [3.63, 3.8) is 0 Å². The van der Waals surface area contributed by atoms with E-state index in [1.807, 2.05) is 13.8 Å². The molecule has 1 aromatic heterocycles. The van der Waals surface area contributed by atoms with Crippen LogP contribution in [0.4, 0.5) is 10.5 Å². The molecule has 2 aromatic carbocycles. The summed E-state index contributed by atoms with van der Waals surface area (Å²) in [4.78, 5) is 39.5. The van der Waals surface area contributed by atoms with Crippen LogP contribution in [0.1, 0.15) is 37.8 Å². The number of para-hydroxylation sites is 1. The third-order valence-electron chi connectivity index (χ3n) is 9.12. The number of fused-ring (bicyclic) bond motifs is 1. The number of amides is 2. The van der Waals surface area contributed by atoms with Crippen molar-refractivity contribution in [2.24, 2.45) is 7.05 Å². The Morgan fingerprint density at radius 3 is 2.32 bits per heavy atom. The number of anilines is 1. The zero-order chi connectivity index (χ0) is 33.5. The lowest BCUT2D eigenvalue weighted by molar-refractivity contribution is -0.132. The molecular weight excluding hydrogens is 624 g/mol. The van der Waals surface area contributed by atoms with Crippen molar-refractivity contribution in [2.75, 3.05) is 57.7 Å². The number of nitrogens with zero attached hydrogens (tertiary/aromatic N) is 6. The van der Waals surface area contributed by atoms with Gasteiger partial charge in [0.1, 0.15) is 11.5 Å². The Balaban J connectivity index is 1.43. The zero-order valence-electron chi connectivity index (χ0n) is 27.5. The van der Waals surface area contributed by atoms with Crippen LogP contribution in [0, 0.1) is 0 Å². The van der Waals surface area contributed by atoms with E-state index in [0.717, 1.165) is 25.9 Å². The van der Waals surface area contributed by atoms with E-state index in [9.17, 15) is 18.0 Å². The minimum Gasteiger partial charge on any atom is -0.497 e. The first-order chi connectivity index (χ1) is 22.4. The van der Waals surface area contributed by atoms with Crippen LogP contribution in [-0.4, -0.2) is 110 Å². The molecular formula is C33H42N6O7S. The van der Waals surface area contributed by atoms with Gasteiger partial charge in [-0.1, -0.05) is 18.2 Å². The molecule has 1 atom stereocenters. The highest BCUT2D eigenvalue weighted by Gasteiger charge is 2.61. The zero-order valence-corrected chi connectivity index (χ0v) is 28.3. The van der Waals surface area contributed by atoms with E-state index in [4.69, 9.17) is 14.2 Å². The van der Waals surface area contributed by atoms with E-state index in [2.05, 4.69) is 21.8 Å². The second-order valence-corrected chi connectivity index (χ2v) is 14.3. The summed E-state index contributed by atoms with van der Waals surface area (Å²) >= 11 is 0. The summed E-state index contributed by atoms with van der Waals surface area (Å²) in [5, 5.41) is -0.325. The molecule has 0 bridgehead atoms. The number of piperidine rings is 1. The summed E-state index contributed by atoms with van der Waals surface area (Å²) in [5.41, 5.74) is -1.86. The second-order valence-electron chi connectivity index (χ2n) is 12.6. The number of rotatable bonds is 8. The molecule has 2 fully saturated rings. The SMILES string of the molecule is COc1ccc2c(c1)C(OC(=O)N1CCN(C3CCN(C)CC3)CC1)(c1ccccc1OC(C)C)C(=O)N2S(=O)(=O)c1cn(C)cn1. The van der Waals surface area contributed by atoms with Gasteiger partial charge >= 0.3 is 6.09 Å². The van der Waals surface area contributed by atoms with E-state index in [1.54, 1.807) is 48.3 Å². The maximum Gasteiger partial charge on any atom is 0.411 e. The molecule has 3 aromatic rings. The van der Waals surface area contributed by atoms with Crippen molar-refractivity contribution in [3.8, 4) is 11.5 Å². The van der Waals surface area contributed by atoms with Gasteiger partial charge < -0.3 is 28.6 Å². The summed E-state index contributed by atoms with van der Waals surface area (Å²) in [6, 6.07) is 11.8. The van der Waals surface area contributed by atoms with E-state index >= 15 is 0 Å². The third-order valence-corrected chi connectivity index (χ3v) is 10.7. The number of hydrogen-bond donors (Lipinski definition) is 0. The molecule has 0 saturated carbocycles. The number of carbonyl (C=O) groups excluding carboxylic acids is 2. The molecule has 14 heteroatoms. The maximum absolute atomic E-state index is 15.0. The van der Waals surface area contributed by atoms with Crippen LogP contribution in [0.3, 0.4) is 0 Å². The summed E-state index contributed by atoms with van der Waals surface area (Å²) in [7, 11) is 0.686. The Labute approximate surface area is 275 Å². The minimum atomic E-state index is -4.54. The van der Waals surface area contributed by atoms with Gasteiger partial charge in [-0.2, -0.15) is 12.7 Å². The van der Waals surface area contributed by atoms with Crippen LogP contribution >= 0.6 is 0 Å². The van der Waals surface area contributed by atoms with Gasteiger partial charge in [0, 0.05) is 51.0 Å². The number of hydrogen-bond acceptors (Lipinski definition) is 10. The molecule has 6 rings (SSSR count). The summed E-state index contributed by atoms with van der Waals surface area (Å²) < 4.78 is 48.5. The Hall–Kier alpha value is -4.14. The van der Waals surface area contributed by atoms with Gasteiger partial charge in [0.15, 0.2) is 5.03 Å². The third kappa shape index (κ3) is 5.93. The van der Waals surface area contributed by atoms with Crippen LogP contribution in [0.2, 0.25) is 0 Å². The molecule has 0 N–H and O–H groups in total. The summed E-state index contributed by atoms with van der Waals surface area (Å²) in [5.74, 6) is -0.353. The van der Waals surface area contributed by atoms with Crippen LogP contribution in [0.5, 0.6) is 11.5 Å². The number of methoxy groups -OCH3 is 1. The van der Waals surface area contributed by atoms with Gasteiger partial charge in [-0.25, -0.2) is 9.78 Å². The lowest BCUT2D eigenvalue weighted by atomic mass is 9.86. The number of carbonyl (C=O) groups is 2. The van der Waals surface area contributed by atoms with Gasteiger partial charge in [0.25, 0.3) is 15.9 Å².